The van der Waals surface area contributed by atoms with Crippen LogP contribution >= 0.6 is 0 Å². The van der Waals surface area contributed by atoms with Crippen molar-refractivity contribution in [2.24, 2.45) is 11.8 Å². The van der Waals surface area contributed by atoms with Crippen molar-refractivity contribution < 1.29 is 0 Å². The Balaban J connectivity index is 2.27. The summed E-state index contributed by atoms with van der Waals surface area (Å²) in [7, 11) is 0. The molecule has 1 aliphatic rings. The molecular weight excluding hydrogens is 168 g/mol. The third-order valence-corrected chi connectivity index (χ3v) is 2.96. The molecule has 1 rings (SSSR count). The largest absolute Gasteiger partial charge is 0.0772 e. The Labute approximate surface area is 89.1 Å². The van der Waals surface area contributed by atoms with Gasteiger partial charge in [-0.25, -0.2) is 0 Å². The predicted octanol–water partition coefficient (Wildman–Crippen LogP) is 4.73. The molecular formula is C14H24. The van der Waals surface area contributed by atoms with Crippen LogP contribution in [0.25, 0.3) is 0 Å². The molecule has 0 unspecified atom stereocenters. The van der Waals surface area contributed by atoms with Gasteiger partial charge < -0.3 is 0 Å². The first-order chi connectivity index (χ1) is 6.59. The highest BCUT2D eigenvalue weighted by Gasteiger charge is 2.09. The maximum Gasteiger partial charge on any atom is -0.0127 e. The van der Waals surface area contributed by atoms with Crippen LogP contribution in [0, 0.1) is 11.8 Å². The fraction of sp³-hybridized carbons (Fsp3) is 0.714. The van der Waals surface area contributed by atoms with Crippen LogP contribution in [0.4, 0.5) is 0 Å². The lowest BCUT2D eigenvalue weighted by Gasteiger charge is -2.05. The Bertz CT molecular complexity index is 228. The first-order valence-electron chi connectivity index (χ1n) is 5.99. The standard InChI is InChI=1S/C14H24/c1-11(2)6-5-7-13-8-9-14(10-13)12(3)4/h8,10-12H,5-7,9H2,1-4H3. The van der Waals surface area contributed by atoms with E-state index in [1.165, 1.54) is 25.7 Å². The summed E-state index contributed by atoms with van der Waals surface area (Å²) in [5, 5.41) is 0. The summed E-state index contributed by atoms with van der Waals surface area (Å²) in [5.41, 5.74) is 3.19. The van der Waals surface area contributed by atoms with E-state index in [4.69, 9.17) is 0 Å². The third-order valence-electron chi connectivity index (χ3n) is 2.96. The fourth-order valence-corrected chi connectivity index (χ4v) is 1.90. The Morgan fingerprint density at radius 3 is 2.43 bits per heavy atom. The highest BCUT2D eigenvalue weighted by Crippen LogP contribution is 2.27. The van der Waals surface area contributed by atoms with Gasteiger partial charge in [0, 0.05) is 0 Å². The zero-order valence-electron chi connectivity index (χ0n) is 10.1. The molecule has 0 spiro atoms. The number of allylic oxidation sites excluding steroid dienone is 4. The minimum absolute atomic E-state index is 0.730. The molecule has 0 saturated carbocycles. The van der Waals surface area contributed by atoms with Gasteiger partial charge in [0.1, 0.15) is 0 Å². The molecule has 0 heteroatoms. The smallest absolute Gasteiger partial charge is 0.0127 e. The maximum absolute atomic E-state index is 2.42. The number of hydrogen-bond donors (Lipinski definition) is 0. The fourth-order valence-electron chi connectivity index (χ4n) is 1.90. The molecule has 80 valence electrons. The molecule has 0 nitrogen and oxygen atoms in total. The minimum Gasteiger partial charge on any atom is -0.0772 e. The van der Waals surface area contributed by atoms with Gasteiger partial charge >= 0.3 is 0 Å². The average molecular weight is 192 g/mol. The first kappa shape index (κ1) is 11.6. The maximum atomic E-state index is 2.42. The number of rotatable bonds is 5. The Morgan fingerprint density at radius 2 is 1.93 bits per heavy atom. The SMILES string of the molecule is CC(C)CCCC1=CCC(C(C)C)=C1. The van der Waals surface area contributed by atoms with E-state index >= 15 is 0 Å². The summed E-state index contributed by atoms with van der Waals surface area (Å²) in [6.07, 6.45) is 10.0. The second-order valence-corrected chi connectivity index (χ2v) is 5.14. The van der Waals surface area contributed by atoms with Crippen LogP contribution in [0.5, 0.6) is 0 Å². The lowest BCUT2D eigenvalue weighted by Crippen LogP contribution is -1.89. The van der Waals surface area contributed by atoms with Gasteiger partial charge in [0.05, 0.1) is 0 Å². The average Bonchev–Trinajstić information content (AvgIpc) is 2.52. The second kappa shape index (κ2) is 5.38. The molecule has 0 aromatic carbocycles. The van der Waals surface area contributed by atoms with E-state index in [1.54, 1.807) is 11.1 Å². The normalized spacial score (nSPS) is 16.4. The quantitative estimate of drug-likeness (QED) is 0.591. The van der Waals surface area contributed by atoms with Crippen LogP contribution < -0.4 is 0 Å². The van der Waals surface area contributed by atoms with Crippen LogP contribution in [0.1, 0.15) is 53.4 Å². The molecule has 0 atom stereocenters. The summed E-state index contributed by atoms with van der Waals surface area (Å²) in [6, 6.07) is 0. The number of hydrogen-bond acceptors (Lipinski definition) is 0. The van der Waals surface area contributed by atoms with Gasteiger partial charge in [0.25, 0.3) is 0 Å². The van der Waals surface area contributed by atoms with Gasteiger partial charge in [0.15, 0.2) is 0 Å². The molecule has 0 aromatic rings. The van der Waals surface area contributed by atoms with E-state index in [2.05, 4.69) is 39.8 Å². The van der Waals surface area contributed by atoms with Gasteiger partial charge in [0.2, 0.25) is 0 Å². The summed E-state index contributed by atoms with van der Waals surface area (Å²) in [5.74, 6) is 1.58. The summed E-state index contributed by atoms with van der Waals surface area (Å²) in [6.45, 7) is 9.18. The van der Waals surface area contributed by atoms with Gasteiger partial charge in [-0.15, -0.1) is 0 Å². The molecule has 0 N–H and O–H groups in total. The van der Waals surface area contributed by atoms with E-state index in [0.717, 1.165) is 11.8 Å². The molecule has 0 aromatic heterocycles. The predicted molar refractivity (Wildman–Crippen MR) is 64.3 cm³/mol. The Kier molecular flexibility index (Phi) is 4.44. The van der Waals surface area contributed by atoms with Crippen LogP contribution in [0.15, 0.2) is 23.3 Å². The summed E-state index contributed by atoms with van der Waals surface area (Å²) >= 11 is 0. The summed E-state index contributed by atoms with van der Waals surface area (Å²) in [4.78, 5) is 0. The lowest BCUT2D eigenvalue weighted by atomic mass is 10.0. The van der Waals surface area contributed by atoms with Crippen molar-refractivity contribution in [3.8, 4) is 0 Å². The van der Waals surface area contributed by atoms with Crippen LogP contribution in [-0.4, -0.2) is 0 Å². The van der Waals surface area contributed by atoms with Crippen LogP contribution in [0.2, 0.25) is 0 Å². The van der Waals surface area contributed by atoms with Crippen molar-refractivity contribution in [2.75, 3.05) is 0 Å². The minimum atomic E-state index is 0.730. The Morgan fingerprint density at radius 1 is 1.21 bits per heavy atom. The zero-order valence-corrected chi connectivity index (χ0v) is 10.1. The van der Waals surface area contributed by atoms with Gasteiger partial charge in [-0.2, -0.15) is 0 Å². The Hall–Kier alpha value is -0.520. The zero-order chi connectivity index (χ0) is 10.6. The van der Waals surface area contributed by atoms with E-state index in [-0.39, 0.29) is 0 Å². The highest BCUT2D eigenvalue weighted by atomic mass is 14.1. The van der Waals surface area contributed by atoms with Gasteiger partial charge in [-0.05, 0) is 31.1 Å². The highest BCUT2D eigenvalue weighted by molar-refractivity contribution is 5.33. The molecule has 14 heavy (non-hydrogen) atoms. The first-order valence-corrected chi connectivity index (χ1v) is 5.99. The molecule has 0 aliphatic heterocycles. The van der Waals surface area contributed by atoms with Crippen molar-refractivity contribution in [1.82, 2.24) is 0 Å². The van der Waals surface area contributed by atoms with E-state index in [1.807, 2.05) is 0 Å². The summed E-state index contributed by atoms with van der Waals surface area (Å²) < 4.78 is 0. The molecule has 0 saturated heterocycles. The molecule has 1 aliphatic carbocycles. The third kappa shape index (κ3) is 3.69. The lowest BCUT2D eigenvalue weighted by molar-refractivity contribution is 0.556. The molecule has 0 bridgehead atoms. The second-order valence-electron chi connectivity index (χ2n) is 5.14. The van der Waals surface area contributed by atoms with Crippen molar-refractivity contribution in [2.45, 2.75) is 53.4 Å². The monoisotopic (exact) mass is 192 g/mol. The van der Waals surface area contributed by atoms with E-state index < -0.39 is 0 Å². The molecule has 0 fully saturated rings. The molecule has 0 heterocycles. The molecule has 0 radical (unpaired) electrons. The van der Waals surface area contributed by atoms with Crippen molar-refractivity contribution >= 4 is 0 Å². The van der Waals surface area contributed by atoms with Crippen LogP contribution in [0.3, 0.4) is 0 Å². The van der Waals surface area contributed by atoms with E-state index in [9.17, 15) is 0 Å². The van der Waals surface area contributed by atoms with Crippen molar-refractivity contribution in [3.63, 3.8) is 0 Å². The van der Waals surface area contributed by atoms with Crippen molar-refractivity contribution in [1.29, 1.82) is 0 Å². The van der Waals surface area contributed by atoms with E-state index in [0.29, 0.717) is 0 Å². The van der Waals surface area contributed by atoms with Crippen molar-refractivity contribution in [3.05, 3.63) is 23.3 Å². The molecule has 0 amide bonds. The van der Waals surface area contributed by atoms with Crippen LogP contribution in [-0.2, 0) is 0 Å². The van der Waals surface area contributed by atoms with Gasteiger partial charge in [-0.3, -0.25) is 0 Å². The van der Waals surface area contributed by atoms with Gasteiger partial charge in [-0.1, -0.05) is 57.4 Å². The topological polar surface area (TPSA) is 0 Å².